The van der Waals surface area contributed by atoms with Crippen LogP contribution in [0.15, 0.2) is 36.4 Å². The maximum Gasteiger partial charge on any atom is 0.122 e. The SMILES string of the molecule is CNCC(N)(c1cc(OC)cc(OC)c1)c1cc(OC)cc(OC)c1. The molecule has 0 saturated carbocycles. The molecule has 0 fully saturated rings. The first-order valence-electron chi connectivity index (χ1n) is 7.91. The molecule has 6 heteroatoms. The molecule has 136 valence electrons. The molecule has 0 spiro atoms. The summed E-state index contributed by atoms with van der Waals surface area (Å²) < 4.78 is 21.6. The fraction of sp³-hybridized carbons (Fsp3) is 0.368. The van der Waals surface area contributed by atoms with Gasteiger partial charge in [0.05, 0.1) is 34.0 Å². The van der Waals surface area contributed by atoms with Crippen molar-refractivity contribution in [2.45, 2.75) is 5.54 Å². The molecule has 0 aliphatic rings. The largest absolute Gasteiger partial charge is 0.497 e. The number of hydrogen-bond acceptors (Lipinski definition) is 6. The normalized spacial score (nSPS) is 11.1. The van der Waals surface area contributed by atoms with E-state index in [2.05, 4.69) is 5.32 Å². The number of likely N-dealkylation sites (N-methyl/N-ethyl adjacent to an activating group) is 1. The minimum absolute atomic E-state index is 0.500. The number of nitrogens with one attached hydrogen (secondary N) is 1. The van der Waals surface area contributed by atoms with E-state index in [1.807, 2.05) is 43.4 Å². The summed E-state index contributed by atoms with van der Waals surface area (Å²) in [6.07, 6.45) is 0. The van der Waals surface area contributed by atoms with Gasteiger partial charge in [0, 0.05) is 18.7 Å². The van der Waals surface area contributed by atoms with E-state index in [-0.39, 0.29) is 0 Å². The van der Waals surface area contributed by atoms with Crippen LogP contribution in [-0.4, -0.2) is 42.0 Å². The lowest BCUT2D eigenvalue weighted by Crippen LogP contribution is -2.46. The molecule has 0 bridgehead atoms. The second kappa shape index (κ2) is 8.09. The van der Waals surface area contributed by atoms with Crippen molar-refractivity contribution in [3.63, 3.8) is 0 Å². The van der Waals surface area contributed by atoms with Crippen LogP contribution in [-0.2, 0) is 5.54 Å². The Kier molecular flexibility index (Phi) is 6.12. The number of rotatable bonds is 8. The van der Waals surface area contributed by atoms with Gasteiger partial charge in [-0.3, -0.25) is 0 Å². The lowest BCUT2D eigenvalue weighted by Gasteiger charge is -2.32. The molecule has 0 heterocycles. The molecule has 0 amide bonds. The van der Waals surface area contributed by atoms with E-state index < -0.39 is 5.54 Å². The monoisotopic (exact) mass is 346 g/mol. The molecule has 0 aromatic heterocycles. The van der Waals surface area contributed by atoms with Crippen molar-refractivity contribution < 1.29 is 18.9 Å². The van der Waals surface area contributed by atoms with Gasteiger partial charge in [0.2, 0.25) is 0 Å². The maximum absolute atomic E-state index is 6.86. The molecule has 0 aliphatic heterocycles. The van der Waals surface area contributed by atoms with Crippen molar-refractivity contribution in [1.29, 1.82) is 0 Å². The van der Waals surface area contributed by atoms with Crippen LogP contribution in [0.3, 0.4) is 0 Å². The van der Waals surface area contributed by atoms with E-state index in [0.29, 0.717) is 29.5 Å². The molecule has 3 N–H and O–H groups in total. The van der Waals surface area contributed by atoms with Gasteiger partial charge < -0.3 is 30.0 Å². The minimum Gasteiger partial charge on any atom is -0.497 e. The summed E-state index contributed by atoms with van der Waals surface area (Å²) in [6.45, 7) is 0.500. The van der Waals surface area contributed by atoms with E-state index in [1.54, 1.807) is 28.4 Å². The highest BCUT2D eigenvalue weighted by molar-refractivity contribution is 5.50. The number of hydrogen-bond donors (Lipinski definition) is 2. The molecular weight excluding hydrogens is 320 g/mol. The Balaban J connectivity index is 2.66. The molecule has 0 saturated heterocycles. The standard InChI is InChI=1S/C19H26N2O4/c1-21-12-19(20,13-6-15(22-2)10-16(7-13)23-3)14-8-17(24-4)11-18(9-14)25-5/h6-11,21H,12,20H2,1-5H3. The first kappa shape index (κ1) is 18.9. The Morgan fingerprint density at radius 2 is 1.04 bits per heavy atom. The van der Waals surface area contributed by atoms with Crippen molar-refractivity contribution in [3.8, 4) is 23.0 Å². The summed E-state index contributed by atoms with van der Waals surface area (Å²) >= 11 is 0. The van der Waals surface area contributed by atoms with Gasteiger partial charge >= 0.3 is 0 Å². The van der Waals surface area contributed by atoms with Crippen LogP contribution >= 0.6 is 0 Å². The Bertz CT molecular complexity index is 619. The third-order valence-corrected chi connectivity index (χ3v) is 4.19. The van der Waals surface area contributed by atoms with Crippen LogP contribution in [0.4, 0.5) is 0 Å². The summed E-state index contributed by atoms with van der Waals surface area (Å²) in [5.74, 6) is 2.70. The van der Waals surface area contributed by atoms with Crippen LogP contribution in [0.5, 0.6) is 23.0 Å². The van der Waals surface area contributed by atoms with Gasteiger partial charge in [-0.1, -0.05) is 0 Å². The molecule has 2 rings (SSSR count). The van der Waals surface area contributed by atoms with Gasteiger partial charge in [-0.15, -0.1) is 0 Å². The summed E-state index contributed by atoms with van der Waals surface area (Å²) in [5, 5.41) is 3.17. The Morgan fingerprint density at radius 1 is 0.720 bits per heavy atom. The zero-order valence-electron chi connectivity index (χ0n) is 15.4. The molecule has 0 atom stereocenters. The van der Waals surface area contributed by atoms with Crippen molar-refractivity contribution >= 4 is 0 Å². The molecular formula is C19H26N2O4. The average molecular weight is 346 g/mol. The zero-order valence-corrected chi connectivity index (χ0v) is 15.4. The first-order valence-corrected chi connectivity index (χ1v) is 7.91. The fourth-order valence-corrected chi connectivity index (χ4v) is 2.78. The topological polar surface area (TPSA) is 75.0 Å². The van der Waals surface area contributed by atoms with Crippen LogP contribution in [0, 0.1) is 0 Å². The van der Waals surface area contributed by atoms with Crippen molar-refractivity contribution in [3.05, 3.63) is 47.5 Å². The fourth-order valence-electron chi connectivity index (χ4n) is 2.78. The quantitative estimate of drug-likeness (QED) is 0.763. The van der Waals surface area contributed by atoms with Gasteiger partial charge in [-0.25, -0.2) is 0 Å². The third-order valence-electron chi connectivity index (χ3n) is 4.19. The maximum atomic E-state index is 6.86. The van der Waals surface area contributed by atoms with Gasteiger partial charge in [0.1, 0.15) is 23.0 Å². The summed E-state index contributed by atoms with van der Waals surface area (Å²) in [7, 11) is 8.32. The van der Waals surface area contributed by atoms with Crippen LogP contribution in [0.25, 0.3) is 0 Å². The summed E-state index contributed by atoms with van der Waals surface area (Å²) in [5.41, 5.74) is 7.74. The molecule has 25 heavy (non-hydrogen) atoms. The van der Waals surface area contributed by atoms with Crippen LogP contribution in [0.2, 0.25) is 0 Å². The Labute approximate surface area is 148 Å². The van der Waals surface area contributed by atoms with E-state index in [0.717, 1.165) is 11.1 Å². The second-order valence-corrected chi connectivity index (χ2v) is 5.70. The van der Waals surface area contributed by atoms with Crippen LogP contribution in [0.1, 0.15) is 11.1 Å². The predicted octanol–water partition coefficient (Wildman–Crippen LogP) is 2.14. The number of nitrogens with two attached hydrogens (primary N) is 1. The first-order chi connectivity index (χ1) is 12.0. The van der Waals surface area contributed by atoms with Gasteiger partial charge in [0.25, 0.3) is 0 Å². The second-order valence-electron chi connectivity index (χ2n) is 5.70. The Morgan fingerprint density at radius 3 is 1.28 bits per heavy atom. The van der Waals surface area contributed by atoms with Gasteiger partial charge in [-0.2, -0.15) is 0 Å². The van der Waals surface area contributed by atoms with Crippen molar-refractivity contribution in [2.75, 3.05) is 42.0 Å². The highest BCUT2D eigenvalue weighted by Gasteiger charge is 2.31. The average Bonchev–Trinajstić information content (AvgIpc) is 2.66. The molecule has 2 aromatic rings. The lowest BCUT2D eigenvalue weighted by molar-refractivity contribution is 0.385. The summed E-state index contributed by atoms with van der Waals surface area (Å²) in [4.78, 5) is 0. The van der Waals surface area contributed by atoms with Crippen molar-refractivity contribution in [1.82, 2.24) is 5.32 Å². The number of ether oxygens (including phenoxy) is 4. The molecule has 2 aromatic carbocycles. The zero-order chi connectivity index (χ0) is 18.4. The van der Waals surface area contributed by atoms with E-state index in [4.69, 9.17) is 24.7 Å². The minimum atomic E-state index is -0.835. The highest BCUT2D eigenvalue weighted by atomic mass is 16.5. The molecule has 0 aliphatic carbocycles. The van der Waals surface area contributed by atoms with Gasteiger partial charge in [-0.05, 0) is 42.4 Å². The van der Waals surface area contributed by atoms with Gasteiger partial charge in [0.15, 0.2) is 0 Å². The Hall–Kier alpha value is -2.44. The van der Waals surface area contributed by atoms with E-state index >= 15 is 0 Å². The third kappa shape index (κ3) is 3.97. The molecule has 0 radical (unpaired) electrons. The molecule has 0 unspecified atom stereocenters. The smallest absolute Gasteiger partial charge is 0.122 e. The van der Waals surface area contributed by atoms with Crippen LogP contribution < -0.4 is 30.0 Å². The van der Waals surface area contributed by atoms with E-state index in [9.17, 15) is 0 Å². The molecule has 6 nitrogen and oxygen atoms in total. The number of methoxy groups -OCH3 is 4. The lowest BCUT2D eigenvalue weighted by atomic mass is 9.83. The predicted molar refractivity (Wildman–Crippen MR) is 98.0 cm³/mol. The van der Waals surface area contributed by atoms with E-state index in [1.165, 1.54) is 0 Å². The van der Waals surface area contributed by atoms with Crippen molar-refractivity contribution in [2.24, 2.45) is 5.73 Å². The summed E-state index contributed by atoms with van der Waals surface area (Å²) in [6, 6.07) is 11.3. The number of benzene rings is 2. The highest BCUT2D eigenvalue weighted by Crippen LogP contribution is 2.36.